The Balaban J connectivity index is 1.50. The lowest BCUT2D eigenvalue weighted by Gasteiger charge is -2.09. The van der Waals surface area contributed by atoms with Crippen LogP contribution >= 0.6 is 15.9 Å². The SMILES string of the molecule is O=C(COc1ccc(Br)cc1)N/N=C\c1ccccc1OCc1ccccc1. The first kappa shape index (κ1) is 19.6. The van der Waals surface area contributed by atoms with Gasteiger partial charge in [0.1, 0.15) is 18.1 Å². The molecule has 0 aliphatic rings. The van der Waals surface area contributed by atoms with Crippen molar-refractivity contribution in [3.63, 3.8) is 0 Å². The van der Waals surface area contributed by atoms with E-state index in [0.29, 0.717) is 18.1 Å². The van der Waals surface area contributed by atoms with Gasteiger partial charge in [0, 0.05) is 10.0 Å². The average molecular weight is 439 g/mol. The molecule has 0 bridgehead atoms. The van der Waals surface area contributed by atoms with Gasteiger partial charge in [-0.2, -0.15) is 5.10 Å². The Morgan fingerprint density at radius 3 is 2.43 bits per heavy atom. The molecule has 0 aliphatic carbocycles. The van der Waals surface area contributed by atoms with Gasteiger partial charge in [-0.05, 0) is 42.0 Å². The van der Waals surface area contributed by atoms with Gasteiger partial charge in [0.2, 0.25) is 0 Å². The molecular weight excluding hydrogens is 420 g/mol. The number of benzene rings is 3. The first-order valence-corrected chi connectivity index (χ1v) is 9.46. The fraction of sp³-hybridized carbons (Fsp3) is 0.0909. The van der Waals surface area contributed by atoms with Crippen molar-refractivity contribution in [1.29, 1.82) is 0 Å². The monoisotopic (exact) mass is 438 g/mol. The number of amides is 1. The van der Waals surface area contributed by atoms with Crippen LogP contribution in [0.2, 0.25) is 0 Å². The molecule has 0 saturated heterocycles. The number of carbonyl (C=O) groups is 1. The number of halogens is 1. The maximum Gasteiger partial charge on any atom is 0.277 e. The van der Waals surface area contributed by atoms with Crippen LogP contribution in [-0.4, -0.2) is 18.7 Å². The Morgan fingerprint density at radius 1 is 0.929 bits per heavy atom. The lowest BCUT2D eigenvalue weighted by molar-refractivity contribution is -0.123. The van der Waals surface area contributed by atoms with E-state index < -0.39 is 0 Å². The number of ether oxygens (including phenoxy) is 2. The zero-order valence-corrected chi connectivity index (χ0v) is 16.6. The number of hydrogen-bond acceptors (Lipinski definition) is 4. The van der Waals surface area contributed by atoms with Gasteiger partial charge < -0.3 is 9.47 Å². The highest BCUT2D eigenvalue weighted by Crippen LogP contribution is 2.18. The molecule has 0 saturated carbocycles. The molecule has 0 fully saturated rings. The van der Waals surface area contributed by atoms with E-state index in [-0.39, 0.29) is 12.5 Å². The van der Waals surface area contributed by atoms with E-state index in [2.05, 4.69) is 26.5 Å². The van der Waals surface area contributed by atoms with Gasteiger partial charge in [-0.3, -0.25) is 4.79 Å². The summed E-state index contributed by atoms with van der Waals surface area (Å²) in [6, 6.07) is 24.7. The third-order valence-corrected chi connectivity index (χ3v) is 4.26. The predicted molar refractivity (Wildman–Crippen MR) is 113 cm³/mol. The summed E-state index contributed by atoms with van der Waals surface area (Å²) in [6.07, 6.45) is 1.55. The molecule has 28 heavy (non-hydrogen) atoms. The molecule has 1 amide bonds. The van der Waals surface area contributed by atoms with Crippen LogP contribution in [0.4, 0.5) is 0 Å². The molecule has 6 heteroatoms. The van der Waals surface area contributed by atoms with E-state index in [1.165, 1.54) is 0 Å². The highest BCUT2D eigenvalue weighted by molar-refractivity contribution is 9.10. The maximum atomic E-state index is 11.9. The quantitative estimate of drug-likeness (QED) is 0.414. The number of hydrogen-bond donors (Lipinski definition) is 1. The van der Waals surface area contributed by atoms with E-state index in [9.17, 15) is 4.79 Å². The highest BCUT2D eigenvalue weighted by atomic mass is 79.9. The molecule has 3 rings (SSSR count). The van der Waals surface area contributed by atoms with Crippen molar-refractivity contribution in [2.75, 3.05) is 6.61 Å². The number of nitrogens with one attached hydrogen (secondary N) is 1. The molecule has 0 aliphatic heterocycles. The summed E-state index contributed by atoms with van der Waals surface area (Å²) in [5, 5.41) is 3.99. The molecule has 0 aromatic heterocycles. The molecule has 0 spiro atoms. The minimum Gasteiger partial charge on any atom is -0.488 e. The lowest BCUT2D eigenvalue weighted by atomic mass is 10.2. The van der Waals surface area contributed by atoms with Crippen molar-refractivity contribution in [2.24, 2.45) is 5.10 Å². The second-order valence-corrected chi connectivity index (χ2v) is 6.76. The van der Waals surface area contributed by atoms with Gasteiger partial charge >= 0.3 is 0 Å². The normalized spacial score (nSPS) is 10.6. The molecule has 0 unspecified atom stereocenters. The number of nitrogens with zero attached hydrogens (tertiary/aromatic N) is 1. The fourth-order valence-corrected chi connectivity index (χ4v) is 2.60. The van der Waals surface area contributed by atoms with Crippen LogP contribution in [0, 0.1) is 0 Å². The van der Waals surface area contributed by atoms with Crippen molar-refractivity contribution < 1.29 is 14.3 Å². The van der Waals surface area contributed by atoms with E-state index in [4.69, 9.17) is 9.47 Å². The standard InChI is InChI=1S/C22H19BrN2O3/c23-19-10-12-20(13-11-19)27-16-22(26)25-24-14-18-8-4-5-9-21(18)28-15-17-6-2-1-3-7-17/h1-14H,15-16H2,(H,25,26)/b24-14-. The third-order valence-electron chi connectivity index (χ3n) is 3.73. The van der Waals surface area contributed by atoms with Crippen molar-refractivity contribution in [3.8, 4) is 11.5 Å². The summed E-state index contributed by atoms with van der Waals surface area (Å²) in [5.41, 5.74) is 4.30. The summed E-state index contributed by atoms with van der Waals surface area (Å²) >= 11 is 3.35. The Kier molecular flexibility index (Phi) is 7.21. The molecule has 0 heterocycles. The zero-order valence-electron chi connectivity index (χ0n) is 15.0. The minimum absolute atomic E-state index is 0.120. The molecule has 142 valence electrons. The molecule has 0 atom stereocenters. The molecular formula is C22H19BrN2O3. The summed E-state index contributed by atoms with van der Waals surface area (Å²) in [6.45, 7) is 0.338. The number of rotatable bonds is 8. The first-order valence-electron chi connectivity index (χ1n) is 8.67. The van der Waals surface area contributed by atoms with Gasteiger partial charge in [0.05, 0.1) is 6.21 Å². The van der Waals surface area contributed by atoms with Gasteiger partial charge in [-0.1, -0.05) is 58.4 Å². The van der Waals surface area contributed by atoms with Gasteiger partial charge in [0.25, 0.3) is 5.91 Å². The third kappa shape index (κ3) is 6.25. The molecule has 5 nitrogen and oxygen atoms in total. The topological polar surface area (TPSA) is 59.9 Å². The molecule has 3 aromatic carbocycles. The molecule has 0 radical (unpaired) electrons. The number of para-hydroxylation sites is 1. The van der Waals surface area contributed by atoms with Gasteiger partial charge in [-0.25, -0.2) is 5.43 Å². The summed E-state index contributed by atoms with van der Waals surface area (Å²) in [5.74, 6) is 0.958. The summed E-state index contributed by atoms with van der Waals surface area (Å²) < 4.78 is 12.2. The Bertz CT molecular complexity index is 928. The summed E-state index contributed by atoms with van der Waals surface area (Å²) in [7, 11) is 0. The van der Waals surface area contributed by atoms with Crippen LogP contribution in [0.3, 0.4) is 0 Å². The van der Waals surface area contributed by atoms with Crippen LogP contribution in [0.25, 0.3) is 0 Å². The van der Waals surface area contributed by atoms with Crippen LogP contribution in [-0.2, 0) is 11.4 Å². The Hall–Kier alpha value is -3.12. The van der Waals surface area contributed by atoms with E-state index >= 15 is 0 Å². The molecule has 1 N–H and O–H groups in total. The zero-order chi connectivity index (χ0) is 19.6. The van der Waals surface area contributed by atoms with E-state index in [1.54, 1.807) is 18.3 Å². The smallest absolute Gasteiger partial charge is 0.277 e. The largest absolute Gasteiger partial charge is 0.488 e. The van der Waals surface area contributed by atoms with Gasteiger partial charge in [0.15, 0.2) is 6.61 Å². The summed E-state index contributed by atoms with van der Waals surface area (Å²) in [4.78, 5) is 11.9. The van der Waals surface area contributed by atoms with Crippen LogP contribution in [0.1, 0.15) is 11.1 Å². The second kappa shape index (κ2) is 10.3. The fourth-order valence-electron chi connectivity index (χ4n) is 2.34. The van der Waals surface area contributed by atoms with Crippen LogP contribution in [0.5, 0.6) is 11.5 Å². The Morgan fingerprint density at radius 2 is 1.64 bits per heavy atom. The number of hydrazone groups is 1. The number of carbonyl (C=O) groups excluding carboxylic acids is 1. The van der Waals surface area contributed by atoms with E-state index in [1.807, 2.05) is 66.7 Å². The minimum atomic E-state index is -0.346. The van der Waals surface area contributed by atoms with Crippen molar-refractivity contribution in [2.45, 2.75) is 6.61 Å². The van der Waals surface area contributed by atoms with E-state index in [0.717, 1.165) is 15.6 Å². The maximum absolute atomic E-state index is 11.9. The van der Waals surface area contributed by atoms with Crippen molar-refractivity contribution >= 4 is 28.1 Å². The lowest BCUT2D eigenvalue weighted by Crippen LogP contribution is -2.24. The van der Waals surface area contributed by atoms with Crippen molar-refractivity contribution in [1.82, 2.24) is 5.43 Å². The van der Waals surface area contributed by atoms with Crippen LogP contribution in [0.15, 0.2) is 88.4 Å². The second-order valence-electron chi connectivity index (χ2n) is 5.85. The predicted octanol–water partition coefficient (Wildman–Crippen LogP) is 4.56. The van der Waals surface area contributed by atoms with Gasteiger partial charge in [-0.15, -0.1) is 0 Å². The Labute approximate surface area is 172 Å². The average Bonchev–Trinajstić information content (AvgIpc) is 2.73. The molecule has 3 aromatic rings. The first-order chi connectivity index (χ1) is 13.7. The highest BCUT2D eigenvalue weighted by Gasteiger charge is 2.03. The van der Waals surface area contributed by atoms with Crippen LogP contribution < -0.4 is 14.9 Å². The van der Waals surface area contributed by atoms with Crippen molar-refractivity contribution in [3.05, 3.63) is 94.5 Å².